The molecule has 5 rings (SSSR count). The third-order valence-corrected chi connectivity index (χ3v) is 7.58. The van der Waals surface area contributed by atoms with Crippen LogP contribution in [0.25, 0.3) is 11.0 Å². The maximum Gasteiger partial charge on any atom is 0.329 e. The van der Waals surface area contributed by atoms with Crippen LogP contribution in [0.15, 0.2) is 53.5 Å². The first-order chi connectivity index (χ1) is 17.2. The number of carbonyl (C=O) groups excluding carboxylic acids is 1. The number of piperidine rings is 2. The summed E-state index contributed by atoms with van der Waals surface area (Å²) in [5, 5.41) is 0. The fraction of sp³-hybridized carbons (Fsp3) is 0.519. The van der Waals surface area contributed by atoms with Gasteiger partial charge in [-0.3, -0.25) is 23.8 Å². The highest BCUT2D eigenvalue weighted by molar-refractivity contribution is 5.79. The Bertz CT molecular complexity index is 1190. The Kier molecular flexibility index (Phi) is 7.29. The second-order valence-corrected chi connectivity index (χ2v) is 9.71. The van der Waals surface area contributed by atoms with Gasteiger partial charge < -0.3 is 9.64 Å². The Hall–Kier alpha value is -2.97. The lowest BCUT2D eigenvalue weighted by Crippen LogP contribution is -2.46. The Morgan fingerprint density at radius 1 is 0.971 bits per heavy atom. The lowest BCUT2D eigenvalue weighted by atomic mass is 9.93. The summed E-state index contributed by atoms with van der Waals surface area (Å²) in [6, 6.07) is 14.1. The zero-order chi connectivity index (χ0) is 24.2. The van der Waals surface area contributed by atoms with Crippen LogP contribution in [0.4, 0.5) is 0 Å². The van der Waals surface area contributed by atoms with Crippen LogP contribution in [0.1, 0.15) is 37.4 Å². The molecule has 2 aliphatic heterocycles. The SMILES string of the molecule is COCCn1c(=O)n(C2CCN(C(=O)C3CCN(Cc4ccccn4)CC3)CC2)c2ccccc21. The Balaban J connectivity index is 1.19. The fourth-order valence-corrected chi connectivity index (χ4v) is 5.65. The number of amides is 1. The van der Waals surface area contributed by atoms with E-state index in [1.165, 1.54) is 0 Å². The summed E-state index contributed by atoms with van der Waals surface area (Å²) < 4.78 is 8.98. The molecule has 0 saturated carbocycles. The number of methoxy groups -OCH3 is 1. The van der Waals surface area contributed by atoms with Crippen LogP contribution in [0.3, 0.4) is 0 Å². The van der Waals surface area contributed by atoms with E-state index in [1.54, 1.807) is 7.11 Å². The molecule has 8 heteroatoms. The summed E-state index contributed by atoms with van der Waals surface area (Å²) in [6.45, 7) is 5.17. The number of para-hydroxylation sites is 2. The Labute approximate surface area is 206 Å². The molecule has 35 heavy (non-hydrogen) atoms. The molecule has 0 aliphatic carbocycles. The van der Waals surface area contributed by atoms with Crippen molar-refractivity contribution in [2.24, 2.45) is 5.92 Å². The van der Waals surface area contributed by atoms with Crippen molar-refractivity contribution in [3.8, 4) is 0 Å². The number of nitrogens with zero attached hydrogens (tertiary/aromatic N) is 5. The predicted octanol–water partition coefficient (Wildman–Crippen LogP) is 2.92. The number of aromatic nitrogens is 3. The van der Waals surface area contributed by atoms with Gasteiger partial charge >= 0.3 is 5.69 Å². The summed E-state index contributed by atoms with van der Waals surface area (Å²) >= 11 is 0. The van der Waals surface area contributed by atoms with E-state index >= 15 is 0 Å². The van der Waals surface area contributed by atoms with Gasteiger partial charge in [-0.25, -0.2) is 4.79 Å². The summed E-state index contributed by atoms with van der Waals surface area (Å²) in [6.07, 6.45) is 5.25. The van der Waals surface area contributed by atoms with Gasteiger partial charge in [-0.1, -0.05) is 18.2 Å². The van der Waals surface area contributed by atoms with Gasteiger partial charge in [0.05, 0.1) is 29.9 Å². The first kappa shape index (κ1) is 23.8. The molecule has 2 fully saturated rings. The van der Waals surface area contributed by atoms with Crippen molar-refractivity contribution in [3.05, 3.63) is 64.8 Å². The lowest BCUT2D eigenvalue weighted by Gasteiger charge is -2.37. The van der Waals surface area contributed by atoms with E-state index in [1.807, 2.05) is 56.6 Å². The molecular weight excluding hydrogens is 442 g/mol. The van der Waals surface area contributed by atoms with Gasteiger partial charge in [0.1, 0.15) is 0 Å². The average molecular weight is 478 g/mol. The van der Waals surface area contributed by atoms with Gasteiger partial charge in [0.2, 0.25) is 5.91 Å². The molecule has 0 N–H and O–H groups in total. The summed E-state index contributed by atoms with van der Waals surface area (Å²) in [4.78, 5) is 35.4. The normalized spacial score (nSPS) is 18.4. The number of pyridine rings is 1. The van der Waals surface area contributed by atoms with E-state index < -0.39 is 0 Å². The van der Waals surface area contributed by atoms with Crippen LogP contribution < -0.4 is 5.69 Å². The fourth-order valence-electron chi connectivity index (χ4n) is 5.65. The monoisotopic (exact) mass is 477 g/mol. The largest absolute Gasteiger partial charge is 0.383 e. The number of likely N-dealkylation sites (tertiary alicyclic amines) is 2. The van der Waals surface area contributed by atoms with Crippen molar-refractivity contribution in [1.29, 1.82) is 0 Å². The number of fused-ring (bicyclic) bond motifs is 1. The van der Waals surface area contributed by atoms with Crippen LogP contribution in [0, 0.1) is 5.92 Å². The third-order valence-electron chi connectivity index (χ3n) is 7.58. The van der Waals surface area contributed by atoms with E-state index in [-0.39, 0.29) is 23.6 Å². The number of hydrogen-bond donors (Lipinski definition) is 0. The number of hydrogen-bond acceptors (Lipinski definition) is 5. The van der Waals surface area contributed by atoms with E-state index in [9.17, 15) is 9.59 Å². The minimum Gasteiger partial charge on any atom is -0.383 e. The molecule has 3 aromatic rings. The van der Waals surface area contributed by atoms with Crippen molar-refractivity contribution in [2.45, 2.75) is 44.8 Å². The molecule has 2 saturated heterocycles. The highest BCUT2D eigenvalue weighted by Crippen LogP contribution is 2.28. The first-order valence-corrected chi connectivity index (χ1v) is 12.8. The van der Waals surface area contributed by atoms with Crippen molar-refractivity contribution >= 4 is 16.9 Å². The molecule has 2 aliphatic rings. The van der Waals surface area contributed by atoms with Gasteiger partial charge in [0.25, 0.3) is 0 Å². The lowest BCUT2D eigenvalue weighted by molar-refractivity contribution is -0.138. The van der Waals surface area contributed by atoms with Gasteiger partial charge in [0, 0.05) is 44.9 Å². The first-order valence-electron chi connectivity index (χ1n) is 12.8. The molecule has 1 aromatic carbocycles. The average Bonchev–Trinajstić information content (AvgIpc) is 3.19. The Morgan fingerprint density at radius 3 is 2.37 bits per heavy atom. The van der Waals surface area contributed by atoms with Gasteiger partial charge in [-0.05, 0) is 63.0 Å². The number of rotatable bonds is 7. The topological polar surface area (TPSA) is 72.6 Å². The molecule has 4 heterocycles. The number of imidazole rings is 1. The van der Waals surface area contributed by atoms with Crippen LogP contribution >= 0.6 is 0 Å². The highest BCUT2D eigenvalue weighted by atomic mass is 16.5. The van der Waals surface area contributed by atoms with Gasteiger partial charge in [-0.15, -0.1) is 0 Å². The van der Waals surface area contributed by atoms with E-state index in [0.29, 0.717) is 26.2 Å². The molecular formula is C27H35N5O3. The van der Waals surface area contributed by atoms with Gasteiger partial charge in [-0.2, -0.15) is 0 Å². The van der Waals surface area contributed by atoms with Crippen LogP contribution in [-0.4, -0.2) is 69.7 Å². The molecule has 2 aromatic heterocycles. The predicted molar refractivity (Wildman–Crippen MR) is 135 cm³/mol. The summed E-state index contributed by atoms with van der Waals surface area (Å²) in [5.74, 6) is 0.390. The second kappa shape index (κ2) is 10.7. The van der Waals surface area contributed by atoms with E-state index in [0.717, 1.165) is 62.0 Å². The maximum absolute atomic E-state index is 13.3. The molecule has 0 spiro atoms. The summed E-state index contributed by atoms with van der Waals surface area (Å²) in [5.41, 5.74) is 3.02. The molecule has 1 amide bonds. The van der Waals surface area contributed by atoms with Crippen molar-refractivity contribution < 1.29 is 9.53 Å². The van der Waals surface area contributed by atoms with Crippen molar-refractivity contribution in [1.82, 2.24) is 23.9 Å². The number of carbonyl (C=O) groups is 1. The zero-order valence-corrected chi connectivity index (χ0v) is 20.5. The Morgan fingerprint density at radius 2 is 1.69 bits per heavy atom. The van der Waals surface area contributed by atoms with Crippen molar-refractivity contribution in [3.63, 3.8) is 0 Å². The molecule has 0 radical (unpaired) electrons. The number of benzene rings is 1. The standard InChI is InChI=1S/C27H35N5O3/c1-35-19-18-31-24-7-2-3-8-25(24)32(27(31)34)23-11-16-30(17-12-23)26(33)21-9-14-29(15-10-21)20-22-6-4-5-13-28-22/h2-8,13,21,23H,9-12,14-20H2,1H3. The van der Waals surface area contributed by atoms with Crippen LogP contribution in [0.5, 0.6) is 0 Å². The zero-order valence-electron chi connectivity index (χ0n) is 20.5. The maximum atomic E-state index is 13.3. The molecule has 0 unspecified atom stereocenters. The molecule has 0 atom stereocenters. The van der Waals surface area contributed by atoms with E-state index in [4.69, 9.17) is 4.74 Å². The second-order valence-electron chi connectivity index (χ2n) is 9.71. The van der Waals surface area contributed by atoms with Crippen LogP contribution in [-0.2, 0) is 22.6 Å². The minimum atomic E-state index is 0.0216. The quantitative estimate of drug-likeness (QED) is 0.523. The van der Waals surface area contributed by atoms with Crippen LogP contribution in [0.2, 0.25) is 0 Å². The minimum absolute atomic E-state index is 0.0216. The third kappa shape index (κ3) is 5.04. The highest BCUT2D eigenvalue weighted by Gasteiger charge is 2.32. The van der Waals surface area contributed by atoms with E-state index in [2.05, 4.69) is 16.0 Å². The van der Waals surface area contributed by atoms with Crippen molar-refractivity contribution in [2.75, 3.05) is 39.9 Å². The molecule has 8 nitrogen and oxygen atoms in total. The van der Waals surface area contributed by atoms with Gasteiger partial charge in [0.15, 0.2) is 0 Å². The molecule has 0 bridgehead atoms. The smallest absolute Gasteiger partial charge is 0.329 e. The number of ether oxygens (including phenoxy) is 1. The summed E-state index contributed by atoms with van der Waals surface area (Å²) in [7, 11) is 1.65. The molecule has 186 valence electrons.